The predicted octanol–water partition coefficient (Wildman–Crippen LogP) is 4.12. The summed E-state index contributed by atoms with van der Waals surface area (Å²) in [7, 11) is 0. The third kappa shape index (κ3) is 3.14. The molecule has 1 amide bonds. The van der Waals surface area contributed by atoms with E-state index >= 15 is 0 Å². The summed E-state index contributed by atoms with van der Waals surface area (Å²) in [5.74, 6) is -2.93. The Balaban J connectivity index is 2.23. The molecule has 0 aromatic heterocycles. The van der Waals surface area contributed by atoms with Crippen LogP contribution in [-0.4, -0.2) is 5.91 Å². The van der Waals surface area contributed by atoms with Crippen molar-refractivity contribution in [1.29, 1.82) is 0 Å². The molecule has 2 nitrogen and oxygen atoms in total. The van der Waals surface area contributed by atoms with Gasteiger partial charge in [0.25, 0.3) is 5.91 Å². The summed E-state index contributed by atoms with van der Waals surface area (Å²) in [5, 5.41) is 2.24. The molecule has 0 saturated heterocycles. The molecule has 0 saturated carbocycles. The number of halogens is 4. The van der Waals surface area contributed by atoms with Gasteiger partial charge in [-0.1, -0.05) is 0 Å². The minimum Gasteiger partial charge on any atom is -0.319 e. The SMILES string of the molecule is O=C(Nc1ccc(F)cc1F)c1ccc(Br)c(F)c1. The highest BCUT2D eigenvalue weighted by Gasteiger charge is 2.11. The van der Waals surface area contributed by atoms with Crippen molar-refractivity contribution in [2.24, 2.45) is 0 Å². The molecule has 0 aliphatic rings. The van der Waals surface area contributed by atoms with Gasteiger partial charge in [-0.3, -0.25) is 4.79 Å². The quantitative estimate of drug-likeness (QED) is 0.882. The molecule has 0 aliphatic carbocycles. The van der Waals surface area contributed by atoms with Gasteiger partial charge in [-0.15, -0.1) is 0 Å². The Morgan fingerprint density at radius 1 is 1.00 bits per heavy atom. The van der Waals surface area contributed by atoms with Crippen molar-refractivity contribution in [1.82, 2.24) is 0 Å². The van der Waals surface area contributed by atoms with Gasteiger partial charge in [0.2, 0.25) is 0 Å². The van der Waals surface area contributed by atoms with Crippen LogP contribution in [-0.2, 0) is 0 Å². The van der Waals surface area contributed by atoms with Gasteiger partial charge in [-0.25, -0.2) is 13.2 Å². The molecule has 0 heterocycles. The summed E-state index contributed by atoms with van der Waals surface area (Å²) in [4.78, 5) is 11.8. The summed E-state index contributed by atoms with van der Waals surface area (Å²) in [6.45, 7) is 0. The monoisotopic (exact) mass is 329 g/mol. The summed E-state index contributed by atoms with van der Waals surface area (Å²) in [5.41, 5.74) is -0.140. The summed E-state index contributed by atoms with van der Waals surface area (Å²) in [6.07, 6.45) is 0. The lowest BCUT2D eigenvalue weighted by Crippen LogP contribution is -2.13. The number of rotatable bonds is 2. The van der Waals surface area contributed by atoms with Crippen LogP contribution in [0.4, 0.5) is 18.9 Å². The molecule has 2 aromatic rings. The maximum Gasteiger partial charge on any atom is 0.255 e. The highest BCUT2D eigenvalue weighted by atomic mass is 79.9. The Hall–Kier alpha value is -1.82. The average Bonchev–Trinajstić information content (AvgIpc) is 2.36. The minimum absolute atomic E-state index is 0.0319. The molecule has 0 atom stereocenters. The Bertz CT molecular complexity index is 646. The molecule has 1 N–H and O–H groups in total. The Morgan fingerprint density at radius 2 is 1.74 bits per heavy atom. The topological polar surface area (TPSA) is 29.1 Å². The second-order valence-electron chi connectivity index (χ2n) is 3.71. The molecular weight excluding hydrogens is 323 g/mol. The molecule has 6 heteroatoms. The van der Waals surface area contributed by atoms with Gasteiger partial charge in [-0.2, -0.15) is 0 Å². The zero-order valence-electron chi connectivity index (χ0n) is 9.38. The summed E-state index contributed by atoms with van der Waals surface area (Å²) < 4.78 is 39.5. The van der Waals surface area contributed by atoms with Gasteiger partial charge in [-0.05, 0) is 46.3 Å². The van der Waals surface area contributed by atoms with E-state index in [2.05, 4.69) is 21.2 Å². The van der Waals surface area contributed by atoms with Crippen LogP contribution in [0.2, 0.25) is 0 Å². The molecule has 2 aromatic carbocycles. The van der Waals surface area contributed by atoms with E-state index in [1.54, 1.807) is 0 Å². The average molecular weight is 330 g/mol. The van der Waals surface area contributed by atoms with E-state index in [1.165, 1.54) is 12.1 Å². The van der Waals surface area contributed by atoms with Crippen LogP contribution >= 0.6 is 15.9 Å². The molecular formula is C13H7BrF3NO. The van der Waals surface area contributed by atoms with Gasteiger partial charge in [0.05, 0.1) is 10.2 Å². The third-order valence-electron chi connectivity index (χ3n) is 2.36. The van der Waals surface area contributed by atoms with E-state index in [-0.39, 0.29) is 15.7 Å². The van der Waals surface area contributed by atoms with Crippen LogP contribution in [0, 0.1) is 17.5 Å². The lowest BCUT2D eigenvalue weighted by molar-refractivity contribution is 0.102. The van der Waals surface area contributed by atoms with Crippen molar-refractivity contribution >= 4 is 27.5 Å². The first-order chi connectivity index (χ1) is 8.97. The third-order valence-corrected chi connectivity index (χ3v) is 3.00. The van der Waals surface area contributed by atoms with Crippen molar-refractivity contribution < 1.29 is 18.0 Å². The minimum atomic E-state index is -0.897. The van der Waals surface area contributed by atoms with Gasteiger partial charge in [0, 0.05) is 11.6 Å². The van der Waals surface area contributed by atoms with Gasteiger partial charge >= 0.3 is 0 Å². The van der Waals surface area contributed by atoms with Crippen LogP contribution in [0.5, 0.6) is 0 Å². The number of amides is 1. The van der Waals surface area contributed by atoms with E-state index in [4.69, 9.17) is 0 Å². The highest BCUT2D eigenvalue weighted by Crippen LogP contribution is 2.19. The molecule has 2 rings (SSSR count). The Morgan fingerprint density at radius 3 is 2.37 bits per heavy atom. The Labute approximate surface area is 115 Å². The number of hydrogen-bond acceptors (Lipinski definition) is 1. The van der Waals surface area contributed by atoms with E-state index in [1.807, 2.05) is 0 Å². The van der Waals surface area contributed by atoms with Crippen LogP contribution in [0.3, 0.4) is 0 Å². The molecule has 19 heavy (non-hydrogen) atoms. The molecule has 0 fully saturated rings. The molecule has 0 aliphatic heterocycles. The Kier molecular flexibility index (Phi) is 3.90. The zero-order valence-corrected chi connectivity index (χ0v) is 11.0. The van der Waals surface area contributed by atoms with Crippen molar-refractivity contribution in [2.45, 2.75) is 0 Å². The fraction of sp³-hybridized carbons (Fsp3) is 0. The van der Waals surface area contributed by atoms with Crippen molar-refractivity contribution in [3.8, 4) is 0 Å². The smallest absolute Gasteiger partial charge is 0.255 e. The molecule has 98 valence electrons. The zero-order chi connectivity index (χ0) is 14.0. The fourth-order valence-corrected chi connectivity index (χ4v) is 1.67. The summed E-state index contributed by atoms with van der Waals surface area (Å²) in [6, 6.07) is 6.52. The van der Waals surface area contributed by atoms with Crippen LogP contribution in [0.25, 0.3) is 0 Å². The van der Waals surface area contributed by atoms with Crippen molar-refractivity contribution in [3.63, 3.8) is 0 Å². The second-order valence-corrected chi connectivity index (χ2v) is 4.56. The first-order valence-electron chi connectivity index (χ1n) is 5.19. The highest BCUT2D eigenvalue weighted by molar-refractivity contribution is 9.10. The number of carbonyl (C=O) groups is 1. The summed E-state index contributed by atoms with van der Waals surface area (Å²) >= 11 is 2.96. The number of carbonyl (C=O) groups excluding carboxylic acids is 1. The fourth-order valence-electron chi connectivity index (χ4n) is 1.42. The molecule has 0 spiro atoms. The lowest BCUT2D eigenvalue weighted by atomic mass is 10.2. The van der Waals surface area contributed by atoms with Crippen molar-refractivity contribution in [2.75, 3.05) is 5.32 Å². The van der Waals surface area contributed by atoms with Crippen LogP contribution in [0.1, 0.15) is 10.4 Å². The first-order valence-corrected chi connectivity index (χ1v) is 5.98. The van der Waals surface area contributed by atoms with Gasteiger partial charge < -0.3 is 5.32 Å². The van der Waals surface area contributed by atoms with Crippen LogP contribution in [0.15, 0.2) is 40.9 Å². The predicted molar refractivity (Wildman–Crippen MR) is 68.4 cm³/mol. The van der Waals surface area contributed by atoms with E-state index < -0.39 is 23.4 Å². The number of anilines is 1. The van der Waals surface area contributed by atoms with E-state index in [0.29, 0.717) is 6.07 Å². The first kappa shape index (κ1) is 13.6. The number of benzene rings is 2. The normalized spacial score (nSPS) is 10.3. The largest absolute Gasteiger partial charge is 0.319 e. The number of hydrogen-bond donors (Lipinski definition) is 1. The maximum absolute atomic E-state index is 13.3. The maximum atomic E-state index is 13.3. The van der Waals surface area contributed by atoms with E-state index in [9.17, 15) is 18.0 Å². The second kappa shape index (κ2) is 5.44. The molecule has 0 radical (unpaired) electrons. The van der Waals surface area contributed by atoms with Crippen LogP contribution < -0.4 is 5.32 Å². The molecule has 0 bridgehead atoms. The van der Waals surface area contributed by atoms with Crippen molar-refractivity contribution in [3.05, 3.63) is 63.9 Å². The standard InChI is InChI=1S/C13H7BrF3NO/c14-9-3-1-7(5-10(9)16)13(19)18-12-4-2-8(15)6-11(12)17/h1-6H,(H,18,19). The number of nitrogens with one attached hydrogen (secondary N) is 1. The van der Waals surface area contributed by atoms with E-state index in [0.717, 1.165) is 18.2 Å². The van der Waals surface area contributed by atoms with Gasteiger partial charge in [0.15, 0.2) is 0 Å². The molecule has 0 unspecified atom stereocenters. The van der Waals surface area contributed by atoms with Gasteiger partial charge in [0.1, 0.15) is 17.5 Å². The lowest BCUT2D eigenvalue weighted by Gasteiger charge is -2.07.